The average molecular weight is 286 g/mol. The Bertz CT molecular complexity index is 692. The summed E-state index contributed by atoms with van der Waals surface area (Å²) in [6.45, 7) is 2.53. The van der Waals surface area contributed by atoms with Crippen molar-refractivity contribution in [2.45, 2.75) is 25.8 Å². The van der Waals surface area contributed by atoms with Gasteiger partial charge in [-0.2, -0.15) is 0 Å². The van der Waals surface area contributed by atoms with Gasteiger partial charge in [-0.1, -0.05) is 13.0 Å². The Hall–Kier alpha value is -2.30. The quantitative estimate of drug-likeness (QED) is 0.890. The van der Waals surface area contributed by atoms with E-state index < -0.39 is 12.0 Å². The molecule has 0 spiro atoms. The number of aromatic amines is 1. The number of carbonyl (C=O) groups is 2. The standard InChI is InChI=1S/C16H18N2O3/c1-10-5-7-18(14(8-10)16(20)21)15(19)12-3-2-11-4-6-17-13(11)9-12/h2-4,6,9-10,14,17H,5,7-8H2,1H3,(H,20,21). The van der Waals surface area contributed by atoms with Crippen LogP contribution in [0.5, 0.6) is 0 Å². The molecule has 2 aromatic rings. The van der Waals surface area contributed by atoms with Crippen LogP contribution < -0.4 is 0 Å². The van der Waals surface area contributed by atoms with Crippen LogP contribution in [0.15, 0.2) is 30.5 Å². The van der Waals surface area contributed by atoms with Gasteiger partial charge in [0.2, 0.25) is 0 Å². The third-order valence-electron chi connectivity index (χ3n) is 4.21. The molecule has 2 atom stereocenters. The van der Waals surface area contributed by atoms with Crippen molar-refractivity contribution in [3.63, 3.8) is 0 Å². The number of nitrogens with zero attached hydrogens (tertiary/aromatic N) is 1. The van der Waals surface area contributed by atoms with E-state index >= 15 is 0 Å². The maximum atomic E-state index is 12.6. The molecular formula is C16H18N2O3. The monoisotopic (exact) mass is 286 g/mol. The van der Waals surface area contributed by atoms with Crippen molar-refractivity contribution in [1.82, 2.24) is 9.88 Å². The molecule has 5 nitrogen and oxygen atoms in total. The zero-order valence-electron chi connectivity index (χ0n) is 11.9. The zero-order chi connectivity index (χ0) is 15.0. The van der Waals surface area contributed by atoms with Crippen LogP contribution in [-0.2, 0) is 4.79 Å². The number of carboxylic acid groups (broad SMARTS) is 1. The summed E-state index contributed by atoms with van der Waals surface area (Å²) in [6.07, 6.45) is 3.19. The fourth-order valence-electron chi connectivity index (χ4n) is 2.97. The molecule has 0 bridgehead atoms. The third kappa shape index (κ3) is 2.51. The van der Waals surface area contributed by atoms with Crippen LogP contribution in [0, 0.1) is 5.92 Å². The molecule has 0 saturated carbocycles. The first-order chi connectivity index (χ1) is 10.1. The number of aromatic nitrogens is 1. The Labute approximate surface area is 122 Å². The normalized spacial score (nSPS) is 22.4. The van der Waals surface area contributed by atoms with Crippen LogP contribution in [0.1, 0.15) is 30.1 Å². The lowest BCUT2D eigenvalue weighted by molar-refractivity contribution is -0.144. The Morgan fingerprint density at radius 3 is 2.90 bits per heavy atom. The summed E-state index contributed by atoms with van der Waals surface area (Å²) in [5.41, 5.74) is 1.42. The predicted molar refractivity (Wildman–Crippen MR) is 79.2 cm³/mol. The predicted octanol–water partition coefficient (Wildman–Crippen LogP) is 2.49. The van der Waals surface area contributed by atoms with Crippen molar-refractivity contribution in [2.24, 2.45) is 5.92 Å². The highest BCUT2D eigenvalue weighted by molar-refractivity contribution is 5.99. The van der Waals surface area contributed by atoms with Crippen molar-refractivity contribution < 1.29 is 14.7 Å². The van der Waals surface area contributed by atoms with Gasteiger partial charge in [-0.15, -0.1) is 0 Å². The van der Waals surface area contributed by atoms with Gasteiger partial charge in [-0.3, -0.25) is 4.79 Å². The van der Waals surface area contributed by atoms with Crippen LogP contribution in [-0.4, -0.2) is 39.5 Å². The molecule has 2 heterocycles. The van der Waals surface area contributed by atoms with Crippen LogP contribution in [0.25, 0.3) is 10.9 Å². The van der Waals surface area contributed by atoms with Crippen LogP contribution >= 0.6 is 0 Å². The number of carboxylic acids is 1. The molecule has 110 valence electrons. The van der Waals surface area contributed by atoms with E-state index in [9.17, 15) is 14.7 Å². The van der Waals surface area contributed by atoms with Gasteiger partial charge in [-0.05, 0) is 42.3 Å². The smallest absolute Gasteiger partial charge is 0.326 e. The van der Waals surface area contributed by atoms with Crippen LogP contribution in [0.2, 0.25) is 0 Å². The first-order valence-corrected chi connectivity index (χ1v) is 7.17. The SMILES string of the molecule is CC1CCN(C(=O)c2ccc3cc[nH]c3c2)C(C(=O)O)C1. The van der Waals surface area contributed by atoms with E-state index in [0.717, 1.165) is 17.3 Å². The van der Waals surface area contributed by atoms with Gasteiger partial charge in [0.15, 0.2) is 0 Å². The Balaban J connectivity index is 1.90. The lowest BCUT2D eigenvalue weighted by Crippen LogP contribution is -2.49. The Morgan fingerprint density at radius 2 is 2.14 bits per heavy atom. The molecule has 1 fully saturated rings. The van der Waals surface area contributed by atoms with Crippen molar-refractivity contribution in [3.05, 3.63) is 36.0 Å². The van der Waals surface area contributed by atoms with E-state index in [1.54, 1.807) is 12.1 Å². The van der Waals surface area contributed by atoms with Crippen LogP contribution in [0.3, 0.4) is 0 Å². The van der Waals surface area contributed by atoms with Gasteiger partial charge < -0.3 is 15.0 Å². The van der Waals surface area contributed by atoms with Gasteiger partial charge in [0.05, 0.1) is 0 Å². The zero-order valence-corrected chi connectivity index (χ0v) is 11.9. The summed E-state index contributed by atoms with van der Waals surface area (Å²) in [5, 5.41) is 10.4. The molecule has 1 aromatic carbocycles. The summed E-state index contributed by atoms with van der Waals surface area (Å²) in [4.78, 5) is 28.6. The Kier molecular flexibility index (Phi) is 3.41. The largest absolute Gasteiger partial charge is 0.480 e. The number of carbonyl (C=O) groups excluding carboxylic acids is 1. The molecule has 1 saturated heterocycles. The minimum Gasteiger partial charge on any atom is -0.480 e. The number of hydrogen-bond acceptors (Lipinski definition) is 2. The molecule has 21 heavy (non-hydrogen) atoms. The van der Waals surface area contributed by atoms with Crippen LogP contribution in [0.4, 0.5) is 0 Å². The maximum absolute atomic E-state index is 12.6. The molecule has 3 rings (SSSR count). The first kappa shape index (κ1) is 13.7. The Morgan fingerprint density at radius 1 is 1.33 bits per heavy atom. The highest BCUT2D eigenvalue weighted by atomic mass is 16.4. The molecule has 2 N–H and O–H groups in total. The number of amides is 1. The van der Waals surface area contributed by atoms with E-state index in [4.69, 9.17) is 0 Å². The highest BCUT2D eigenvalue weighted by Gasteiger charge is 2.35. The van der Waals surface area contributed by atoms with Gasteiger partial charge in [0, 0.05) is 23.8 Å². The van der Waals surface area contributed by atoms with Crippen molar-refractivity contribution in [2.75, 3.05) is 6.54 Å². The number of fused-ring (bicyclic) bond motifs is 1. The number of benzene rings is 1. The van der Waals surface area contributed by atoms with Crippen molar-refractivity contribution in [1.29, 1.82) is 0 Å². The number of aliphatic carboxylic acids is 1. The molecule has 1 aliphatic heterocycles. The summed E-state index contributed by atoms with van der Waals surface area (Å²) >= 11 is 0. The van der Waals surface area contributed by atoms with Gasteiger partial charge in [0.1, 0.15) is 6.04 Å². The molecule has 0 aliphatic carbocycles. The lowest BCUT2D eigenvalue weighted by atomic mass is 9.92. The average Bonchev–Trinajstić information content (AvgIpc) is 2.93. The molecule has 1 aromatic heterocycles. The summed E-state index contributed by atoms with van der Waals surface area (Å²) in [6, 6.07) is 6.64. The first-order valence-electron chi connectivity index (χ1n) is 7.17. The minimum absolute atomic E-state index is 0.203. The van der Waals surface area contributed by atoms with Gasteiger partial charge >= 0.3 is 5.97 Å². The number of nitrogens with one attached hydrogen (secondary N) is 1. The molecule has 5 heteroatoms. The number of H-pyrrole nitrogens is 1. The van der Waals surface area contributed by atoms with E-state index in [2.05, 4.69) is 4.98 Å². The maximum Gasteiger partial charge on any atom is 0.326 e. The number of rotatable bonds is 2. The topological polar surface area (TPSA) is 73.4 Å². The van der Waals surface area contributed by atoms with Crippen molar-refractivity contribution >= 4 is 22.8 Å². The number of piperidine rings is 1. The van der Waals surface area contributed by atoms with Crippen molar-refractivity contribution in [3.8, 4) is 0 Å². The van der Waals surface area contributed by atoms with E-state index in [1.807, 2.05) is 25.3 Å². The molecule has 2 unspecified atom stereocenters. The highest BCUT2D eigenvalue weighted by Crippen LogP contribution is 2.25. The van der Waals surface area contributed by atoms with E-state index in [0.29, 0.717) is 24.4 Å². The summed E-state index contributed by atoms with van der Waals surface area (Å²) in [5.74, 6) is -0.789. The molecule has 0 radical (unpaired) electrons. The minimum atomic E-state index is -0.921. The van der Waals surface area contributed by atoms with E-state index in [1.165, 1.54) is 4.90 Å². The number of hydrogen-bond donors (Lipinski definition) is 2. The second-order valence-electron chi connectivity index (χ2n) is 5.76. The second kappa shape index (κ2) is 5.24. The van der Waals surface area contributed by atoms with E-state index in [-0.39, 0.29) is 5.91 Å². The fourth-order valence-corrected chi connectivity index (χ4v) is 2.97. The molecule has 1 amide bonds. The molecule has 1 aliphatic rings. The number of likely N-dealkylation sites (tertiary alicyclic amines) is 1. The van der Waals surface area contributed by atoms with Gasteiger partial charge in [0.25, 0.3) is 5.91 Å². The summed E-state index contributed by atoms with van der Waals surface area (Å²) < 4.78 is 0. The lowest BCUT2D eigenvalue weighted by Gasteiger charge is -2.36. The second-order valence-corrected chi connectivity index (χ2v) is 5.76. The van der Waals surface area contributed by atoms with Gasteiger partial charge in [-0.25, -0.2) is 4.79 Å². The fraction of sp³-hybridized carbons (Fsp3) is 0.375. The summed E-state index contributed by atoms with van der Waals surface area (Å²) in [7, 11) is 0. The third-order valence-corrected chi connectivity index (χ3v) is 4.21. The molecular weight excluding hydrogens is 268 g/mol.